The van der Waals surface area contributed by atoms with Gasteiger partial charge in [-0.3, -0.25) is 0 Å². The molecule has 0 bridgehead atoms. The lowest BCUT2D eigenvalue weighted by molar-refractivity contribution is -0.111. The molecule has 0 spiro atoms. The van der Waals surface area contributed by atoms with Gasteiger partial charge in [0.2, 0.25) is 0 Å². The molecule has 0 heterocycles. The van der Waals surface area contributed by atoms with Crippen LogP contribution in [0.4, 0.5) is 0 Å². The molecule has 0 aromatic carbocycles. The van der Waals surface area contributed by atoms with Gasteiger partial charge in [0, 0.05) is 0 Å². The van der Waals surface area contributed by atoms with E-state index in [1.807, 2.05) is 0 Å². The topological polar surface area (TPSA) is 0 Å². The molecular weight excluding hydrogens is 312 g/mol. The van der Waals surface area contributed by atoms with Crippen molar-refractivity contribution in [3.8, 4) is 0 Å². The van der Waals surface area contributed by atoms with E-state index in [-0.39, 0.29) is 0 Å². The highest BCUT2D eigenvalue weighted by atomic mass is 14.6. The quantitative estimate of drug-likeness (QED) is 0.352. The Labute approximate surface area is 163 Å². The van der Waals surface area contributed by atoms with E-state index in [0.29, 0.717) is 10.8 Å². The first-order valence-electron chi connectivity index (χ1n) is 12.1. The van der Waals surface area contributed by atoms with E-state index in [0.717, 1.165) is 29.6 Å². The summed E-state index contributed by atoms with van der Waals surface area (Å²) in [5, 5.41) is 0. The van der Waals surface area contributed by atoms with E-state index in [9.17, 15) is 0 Å². The Morgan fingerprint density at radius 1 is 0.846 bits per heavy atom. The monoisotopic (exact) mass is 356 g/mol. The van der Waals surface area contributed by atoms with Crippen LogP contribution in [0.3, 0.4) is 0 Å². The van der Waals surface area contributed by atoms with E-state index in [4.69, 9.17) is 0 Å². The highest BCUT2D eigenvalue weighted by Crippen LogP contribution is 2.67. The van der Waals surface area contributed by atoms with Crippen LogP contribution >= 0.6 is 0 Å². The summed E-state index contributed by atoms with van der Waals surface area (Å²) in [4.78, 5) is 0. The smallest absolute Gasteiger partial charge is 0.0266 e. The molecule has 0 radical (unpaired) electrons. The first-order valence-corrected chi connectivity index (χ1v) is 12.1. The minimum atomic E-state index is 0.685. The van der Waals surface area contributed by atoms with Gasteiger partial charge >= 0.3 is 0 Å². The van der Waals surface area contributed by atoms with Gasteiger partial charge in [-0.25, -0.2) is 0 Å². The van der Waals surface area contributed by atoms with Crippen LogP contribution in [0.2, 0.25) is 0 Å². The van der Waals surface area contributed by atoms with Crippen molar-refractivity contribution in [3.05, 3.63) is 11.6 Å². The molecule has 4 fully saturated rings. The predicted octanol–water partition coefficient (Wildman–Crippen LogP) is 8.17. The zero-order valence-electron chi connectivity index (χ0n) is 18.2. The standard InChI is InChI=1S/C26H44/c1-19(2)9-5-6-10-21-13-15-23-22-14-12-20-11-7-8-17-25(20,3)24(22)16-18-26(21,23)4/h9,20-24H,5-8,10-18H2,1-4H3/t20-,21+,22+,23+,24+,25+,26-/m1/s1. The Morgan fingerprint density at radius 3 is 2.46 bits per heavy atom. The van der Waals surface area contributed by atoms with E-state index < -0.39 is 0 Å². The van der Waals surface area contributed by atoms with Crippen LogP contribution in [-0.2, 0) is 0 Å². The van der Waals surface area contributed by atoms with E-state index >= 15 is 0 Å². The summed E-state index contributed by atoms with van der Waals surface area (Å²) in [5.74, 6) is 5.31. The highest BCUT2D eigenvalue weighted by molar-refractivity contribution is 5.08. The first-order chi connectivity index (χ1) is 12.4. The Morgan fingerprint density at radius 2 is 1.65 bits per heavy atom. The van der Waals surface area contributed by atoms with Gasteiger partial charge in [0.15, 0.2) is 0 Å². The van der Waals surface area contributed by atoms with Crippen molar-refractivity contribution in [1.82, 2.24) is 0 Å². The Kier molecular flexibility index (Phi) is 5.35. The minimum Gasteiger partial charge on any atom is -0.0859 e. The highest BCUT2D eigenvalue weighted by Gasteiger charge is 2.59. The Balaban J connectivity index is 1.45. The third-order valence-electron chi connectivity index (χ3n) is 10.1. The molecule has 148 valence electrons. The maximum Gasteiger partial charge on any atom is -0.0266 e. The largest absolute Gasteiger partial charge is 0.0859 e. The van der Waals surface area contributed by atoms with Gasteiger partial charge in [-0.1, -0.05) is 38.3 Å². The average molecular weight is 357 g/mol. The zero-order chi connectivity index (χ0) is 18.4. The lowest BCUT2D eigenvalue weighted by Crippen LogP contribution is -2.52. The lowest BCUT2D eigenvalue weighted by Gasteiger charge is -2.60. The molecule has 26 heavy (non-hydrogen) atoms. The van der Waals surface area contributed by atoms with Crippen molar-refractivity contribution in [2.24, 2.45) is 40.4 Å². The molecule has 4 aliphatic rings. The third kappa shape index (κ3) is 3.12. The fourth-order valence-corrected chi connectivity index (χ4v) is 8.63. The van der Waals surface area contributed by atoms with Gasteiger partial charge in [-0.15, -0.1) is 0 Å². The van der Waals surface area contributed by atoms with Crippen LogP contribution in [0.5, 0.6) is 0 Å². The molecule has 0 amide bonds. The van der Waals surface area contributed by atoms with Gasteiger partial charge in [0.25, 0.3) is 0 Å². The molecule has 7 atom stereocenters. The summed E-state index contributed by atoms with van der Waals surface area (Å²) in [7, 11) is 0. The molecule has 0 unspecified atom stereocenters. The molecule has 4 aliphatic carbocycles. The fourth-order valence-electron chi connectivity index (χ4n) is 8.63. The zero-order valence-corrected chi connectivity index (χ0v) is 18.2. The minimum absolute atomic E-state index is 0.685. The molecular formula is C26H44. The van der Waals surface area contributed by atoms with E-state index in [1.165, 1.54) is 37.7 Å². The fraction of sp³-hybridized carbons (Fsp3) is 0.923. The number of rotatable bonds is 4. The summed E-state index contributed by atoms with van der Waals surface area (Å²) in [6.07, 6.45) is 22.2. The van der Waals surface area contributed by atoms with Crippen molar-refractivity contribution in [2.75, 3.05) is 0 Å². The lowest BCUT2D eigenvalue weighted by atomic mass is 9.45. The van der Waals surface area contributed by atoms with E-state index in [2.05, 4.69) is 33.8 Å². The van der Waals surface area contributed by atoms with Crippen LogP contribution < -0.4 is 0 Å². The maximum atomic E-state index is 2.72. The van der Waals surface area contributed by atoms with Crippen LogP contribution in [0, 0.1) is 40.4 Å². The molecule has 4 saturated carbocycles. The number of fused-ring (bicyclic) bond motifs is 5. The van der Waals surface area contributed by atoms with Gasteiger partial charge in [-0.05, 0) is 125 Å². The summed E-state index contributed by atoms with van der Waals surface area (Å²) in [5.41, 5.74) is 2.90. The molecule has 0 N–H and O–H groups in total. The second-order valence-electron chi connectivity index (χ2n) is 11.4. The van der Waals surface area contributed by atoms with Gasteiger partial charge < -0.3 is 0 Å². The summed E-state index contributed by atoms with van der Waals surface area (Å²) in [6, 6.07) is 0. The number of hydrogen-bond acceptors (Lipinski definition) is 0. The second-order valence-corrected chi connectivity index (χ2v) is 11.4. The van der Waals surface area contributed by atoms with Gasteiger partial charge in [0.1, 0.15) is 0 Å². The molecule has 0 saturated heterocycles. The molecule has 0 nitrogen and oxygen atoms in total. The second kappa shape index (κ2) is 7.29. The van der Waals surface area contributed by atoms with Crippen molar-refractivity contribution >= 4 is 0 Å². The first kappa shape index (κ1) is 19.1. The van der Waals surface area contributed by atoms with Gasteiger partial charge in [-0.2, -0.15) is 0 Å². The SMILES string of the molecule is CC(C)=CCCC[C@H]1CC[C@H]2[C@@H]3CC[C@H]4CCCC[C@]4(C)[C@H]3CC[C@]12C. The molecule has 0 aromatic rings. The Bertz CT molecular complexity index is 526. The summed E-state index contributed by atoms with van der Waals surface area (Å²) >= 11 is 0. The third-order valence-corrected chi connectivity index (χ3v) is 10.1. The van der Waals surface area contributed by atoms with Crippen LogP contribution in [0.1, 0.15) is 111 Å². The molecule has 0 aliphatic heterocycles. The summed E-state index contributed by atoms with van der Waals surface area (Å²) < 4.78 is 0. The van der Waals surface area contributed by atoms with Gasteiger partial charge in [0.05, 0.1) is 0 Å². The van der Waals surface area contributed by atoms with Crippen LogP contribution in [0.25, 0.3) is 0 Å². The van der Waals surface area contributed by atoms with Crippen molar-refractivity contribution < 1.29 is 0 Å². The van der Waals surface area contributed by atoms with Crippen molar-refractivity contribution in [2.45, 2.75) is 111 Å². The average Bonchev–Trinajstić information content (AvgIpc) is 2.94. The normalized spacial score (nSPS) is 47.6. The number of hydrogen-bond donors (Lipinski definition) is 0. The molecule has 0 heteroatoms. The maximum absolute atomic E-state index is 2.72. The van der Waals surface area contributed by atoms with E-state index in [1.54, 1.807) is 51.4 Å². The van der Waals surface area contributed by atoms with Crippen LogP contribution in [0.15, 0.2) is 11.6 Å². The van der Waals surface area contributed by atoms with Crippen molar-refractivity contribution in [1.29, 1.82) is 0 Å². The predicted molar refractivity (Wildman–Crippen MR) is 113 cm³/mol. The molecule has 4 rings (SSSR count). The summed E-state index contributed by atoms with van der Waals surface area (Å²) in [6.45, 7) is 9.94. The number of allylic oxidation sites excluding steroid dienone is 2. The molecule has 0 aromatic heterocycles. The Hall–Kier alpha value is -0.260. The van der Waals surface area contributed by atoms with Crippen LogP contribution in [-0.4, -0.2) is 0 Å². The number of unbranched alkanes of at least 4 members (excludes halogenated alkanes) is 1. The van der Waals surface area contributed by atoms with Crippen molar-refractivity contribution in [3.63, 3.8) is 0 Å².